The molecular weight excluding hydrogens is 428 g/mol. The van der Waals surface area contributed by atoms with E-state index in [-0.39, 0.29) is 0 Å². The summed E-state index contributed by atoms with van der Waals surface area (Å²) < 4.78 is 12.7. The molecular formula is C33H22O2. The van der Waals surface area contributed by atoms with Crippen LogP contribution in [0.2, 0.25) is 0 Å². The summed E-state index contributed by atoms with van der Waals surface area (Å²) in [6.45, 7) is 2.24. The van der Waals surface area contributed by atoms with Crippen LogP contribution in [0.5, 0.6) is 23.0 Å². The van der Waals surface area contributed by atoms with Gasteiger partial charge in [0.05, 0.1) is 5.41 Å². The monoisotopic (exact) mass is 450 g/mol. The Morgan fingerprint density at radius 1 is 0.571 bits per heavy atom. The van der Waals surface area contributed by atoms with Gasteiger partial charge in [-0.15, -0.1) is 0 Å². The Morgan fingerprint density at radius 2 is 1.14 bits per heavy atom. The summed E-state index contributed by atoms with van der Waals surface area (Å²) in [6, 6.07) is 30.0. The standard InChI is InChI=1S/C33H22O2/c1-20-14-16-23-24-18-31-32(35-30-13-7-6-12-29(30)34-31)19-28(24)33(27(23)17-15-20)25-10-4-2-8-21(25)22-9-3-5-11-26(22)33/h2-20H,1H3/t20-/m0/s1. The van der Waals surface area contributed by atoms with Gasteiger partial charge in [-0.2, -0.15) is 0 Å². The summed E-state index contributed by atoms with van der Waals surface area (Å²) in [4.78, 5) is 0. The Labute approximate surface area is 204 Å². The first-order valence-corrected chi connectivity index (χ1v) is 12.2. The van der Waals surface area contributed by atoms with Gasteiger partial charge in [-0.3, -0.25) is 0 Å². The summed E-state index contributed by atoms with van der Waals surface area (Å²) in [5.41, 5.74) is 9.93. The minimum atomic E-state index is -0.391. The topological polar surface area (TPSA) is 18.5 Å². The second-order valence-electron chi connectivity index (χ2n) is 9.74. The van der Waals surface area contributed by atoms with Gasteiger partial charge < -0.3 is 9.47 Å². The second-order valence-corrected chi connectivity index (χ2v) is 9.74. The van der Waals surface area contributed by atoms with Gasteiger partial charge in [-0.25, -0.2) is 0 Å². The lowest BCUT2D eigenvalue weighted by Crippen LogP contribution is -2.27. The molecule has 4 aromatic carbocycles. The van der Waals surface area contributed by atoms with Crippen LogP contribution in [0.4, 0.5) is 0 Å². The Hall–Kier alpha value is -4.30. The highest BCUT2D eigenvalue weighted by atomic mass is 16.6. The molecule has 0 N–H and O–H groups in total. The van der Waals surface area contributed by atoms with E-state index in [0.717, 1.165) is 23.0 Å². The molecule has 0 unspecified atom stereocenters. The summed E-state index contributed by atoms with van der Waals surface area (Å²) in [5.74, 6) is 3.41. The summed E-state index contributed by atoms with van der Waals surface area (Å²) in [7, 11) is 0. The van der Waals surface area contributed by atoms with Crippen LogP contribution in [0.15, 0.2) is 115 Å². The summed E-state index contributed by atoms with van der Waals surface area (Å²) in [5, 5.41) is 0. The van der Waals surface area contributed by atoms with Gasteiger partial charge in [0.25, 0.3) is 0 Å². The van der Waals surface area contributed by atoms with Gasteiger partial charge >= 0.3 is 0 Å². The fourth-order valence-corrected chi connectivity index (χ4v) is 6.37. The molecule has 1 atom stereocenters. The minimum Gasteiger partial charge on any atom is -0.450 e. The van der Waals surface area contributed by atoms with Gasteiger partial charge in [-0.05, 0) is 74.7 Å². The maximum Gasteiger partial charge on any atom is 0.170 e. The van der Waals surface area contributed by atoms with E-state index in [0.29, 0.717) is 5.92 Å². The predicted octanol–water partition coefficient (Wildman–Crippen LogP) is 8.43. The van der Waals surface area contributed by atoms with Crippen LogP contribution in [0.3, 0.4) is 0 Å². The highest BCUT2D eigenvalue weighted by Crippen LogP contribution is 2.64. The van der Waals surface area contributed by atoms with Crippen molar-refractivity contribution in [3.8, 4) is 34.1 Å². The van der Waals surface area contributed by atoms with E-state index in [9.17, 15) is 0 Å². The highest BCUT2D eigenvalue weighted by Gasteiger charge is 2.52. The summed E-state index contributed by atoms with van der Waals surface area (Å²) >= 11 is 0. The first-order chi connectivity index (χ1) is 17.2. The number of fused-ring (bicyclic) bond motifs is 11. The zero-order chi connectivity index (χ0) is 23.1. The molecule has 35 heavy (non-hydrogen) atoms. The first-order valence-electron chi connectivity index (χ1n) is 12.2. The highest BCUT2D eigenvalue weighted by molar-refractivity contribution is 5.98. The normalized spacial score (nSPS) is 19.1. The van der Waals surface area contributed by atoms with Crippen LogP contribution in [-0.2, 0) is 5.41 Å². The molecule has 0 saturated carbocycles. The molecule has 2 heteroatoms. The van der Waals surface area contributed by atoms with Crippen molar-refractivity contribution in [3.63, 3.8) is 0 Å². The maximum atomic E-state index is 6.40. The minimum absolute atomic E-state index is 0.372. The number of hydrogen-bond donors (Lipinski definition) is 0. The van der Waals surface area contributed by atoms with Crippen molar-refractivity contribution in [2.45, 2.75) is 12.3 Å². The van der Waals surface area contributed by atoms with Gasteiger partial charge in [0, 0.05) is 0 Å². The quantitative estimate of drug-likeness (QED) is 0.236. The molecule has 1 heterocycles. The van der Waals surface area contributed by atoms with Gasteiger partial charge in [-0.1, -0.05) is 91.9 Å². The van der Waals surface area contributed by atoms with Crippen molar-refractivity contribution in [1.82, 2.24) is 0 Å². The number of rotatable bonds is 0. The molecule has 1 aliphatic heterocycles. The summed E-state index contributed by atoms with van der Waals surface area (Å²) in [6.07, 6.45) is 9.27. The van der Waals surface area contributed by atoms with E-state index in [2.05, 4.69) is 91.9 Å². The first kappa shape index (κ1) is 19.1. The maximum absolute atomic E-state index is 6.40. The molecule has 0 amide bonds. The van der Waals surface area contributed by atoms with E-state index >= 15 is 0 Å². The third-order valence-corrected chi connectivity index (χ3v) is 7.85. The van der Waals surface area contributed by atoms with Crippen molar-refractivity contribution in [3.05, 3.63) is 137 Å². The average Bonchev–Trinajstić information content (AvgIpc) is 3.24. The van der Waals surface area contributed by atoms with Crippen LogP contribution in [0.1, 0.15) is 29.2 Å². The van der Waals surface area contributed by atoms with Crippen LogP contribution >= 0.6 is 0 Å². The van der Waals surface area contributed by atoms with Crippen LogP contribution in [0, 0.1) is 5.92 Å². The lowest BCUT2D eigenvalue weighted by Gasteiger charge is -2.32. The van der Waals surface area contributed by atoms with E-state index in [1.807, 2.05) is 24.3 Å². The fourth-order valence-electron chi connectivity index (χ4n) is 6.37. The van der Waals surface area contributed by atoms with E-state index in [1.54, 1.807) is 0 Å². The molecule has 0 radical (unpaired) electrons. The van der Waals surface area contributed by atoms with Crippen LogP contribution in [0.25, 0.3) is 16.7 Å². The predicted molar refractivity (Wildman–Crippen MR) is 139 cm³/mol. The molecule has 4 aromatic rings. The molecule has 8 rings (SSSR count). The van der Waals surface area contributed by atoms with Gasteiger partial charge in [0.1, 0.15) is 0 Å². The number of ether oxygens (including phenoxy) is 2. The van der Waals surface area contributed by atoms with E-state index in [4.69, 9.17) is 9.47 Å². The Balaban J connectivity index is 1.48. The third-order valence-electron chi connectivity index (χ3n) is 7.85. The molecule has 4 aliphatic rings. The lowest BCUT2D eigenvalue weighted by molar-refractivity contribution is 0.359. The van der Waals surface area contributed by atoms with Crippen molar-refractivity contribution in [2.75, 3.05) is 0 Å². The molecule has 0 saturated heterocycles. The molecule has 1 spiro atoms. The zero-order valence-corrected chi connectivity index (χ0v) is 19.3. The second kappa shape index (κ2) is 6.64. The van der Waals surface area contributed by atoms with Gasteiger partial charge in [0.15, 0.2) is 23.0 Å². The average molecular weight is 451 g/mol. The Kier molecular flexibility index (Phi) is 3.61. The molecule has 2 nitrogen and oxygen atoms in total. The zero-order valence-electron chi connectivity index (χ0n) is 19.3. The van der Waals surface area contributed by atoms with E-state index in [1.165, 1.54) is 44.5 Å². The molecule has 0 bridgehead atoms. The molecule has 3 aliphatic carbocycles. The van der Waals surface area contributed by atoms with Crippen molar-refractivity contribution < 1.29 is 9.47 Å². The van der Waals surface area contributed by atoms with Crippen LogP contribution in [-0.4, -0.2) is 0 Å². The van der Waals surface area contributed by atoms with Crippen LogP contribution < -0.4 is 9.47 Å². The number of para-hydroxylation sites is 2. The molecule has 0 fully saturated rings. The number of allylic oxidation sites excluding steroid dienone is 6. The smallest absolute Gasteiger partial charge is 0.170 e. The molecule has 166 valence electrons. The van der Waals surface area contributed by atoms with Crippen molar-refractivity contribution in [1.29, 1.82) is 0 Å². The SMILES string of the molecule is C[C@H]1C=CC2=C(C=C1)C1(c3cc4c(cc32)Oc2ccccc2O4)c2ccccc2-c2ccccc21. The third kappa shape index (κ3) is 2.34. The van der Waals surface area contributed by atoms with E-state index < -0.39 is 5.41 Å². The fraction of sp³-hybridized carbons (Fsp3) is 0.0909. The van der Waals surface area contributed by atoms with Crippen molar-refractivity contribution >= 4 is 5.57 Å². The lowest BCUT2D eigenvalue weighted by atomic mass is 9.69. The Bertz CT molecular complexity index is 1620. The Morgan fingerprint density at radius 3 is 1.83 bits per heavy atom. The van der Waals surface area contributed by atoms with Gasteiger partial charge in [0.2, 0.25) is 0 Å². The largest absolute Gasteiger partial charge is 0.450 e. The molecule has 0 aromatic heterocycles. The number of benzene rings is 4. The number of hydrogen-bond acceptors (Lipinski definition) is 2. The van der Waals surface area contributed by atoms with Crippen molar-refractivity contribution in [2.24, 2.45) is 5.92 Å².